The van der Waals surface area contributed by atoms with E-state index in [1.807, 2.05) is 30.3 Å². The summed E-state index contributed by atoms with van der Waals surface area (Å²) >= 11 is 0. The van der Waals surface area contributed by atoms with Gasteiger partial charge < -0.3 is 15.2 Å². The number of benzene rings is 2. The standard InChI is InChI=1S/C15H15FN2O2/c16-12-7-4-8-13(14(12)15(17)18)20-10-9-19-11-5-2-1-3-6-11/h1-8H,9-10H2,(H3,17,18). The van der Waals surface area contributed by atoms with Crippen LogP contribution in [0.3, 0.4) is 0 Å². The number of nitrogens with one attached hydrogen (secondary N) is 1. The van der Waals surface area contributed by atoms with E-state index in [4.69, 9.17) is 20.6 Å². The summed E-state index contributed by atoms with van der Waals surface area (Å²) in [5.74, 6) is 0.0531. The summed E-state index contributed by atoms with van der Waals surface area (Å²) in [4.78, 5) is 0. The van der Waals surface area contributed by atoms with Crippen LogP contribution in [0.25, 0.3) is 0 Å². The minimum atomic E-state index is -0.570. The Balaban J connectivity index is 1.92. The molecule has 0 aliphatic carbocycles. The molecule has 0 aliphatic heterocycles. The molecule has 2 aromatic rings. The van der Waals surface area contributed by atoms with Crippen LogP contribution in [0.1, 0.15) is 5.56 Å². The number of amidine groups is 1. The fourth-order valence-electron chi connectivity index (χ4n) is 1.71. The van der Waals surface area contributed by atoms with Gasteiger partial charge in [-0.15, -0.1) is 0 Å². The van der Waals surface area contributed by atoms with Crippen LogP contribution in [-0.2, 0) is 0 Å². The molecule has 0 aliphatic rings. The fourth-order valence-corrected chi connectivity index (χ4v) is 1.71. The molecule has 0 unspecified atom stereocenters. The summed E-state index contributed by atoms with van der Waals surface area (Å²) in [5, 5.41) is 7.36. The first-order valence-electron chi connectivity index (χ1n) is 6.12. The Labute approximate surface area is 116 Å². The number of nitrogens with two attached hydrogens (primary N) is 1. The quantitative estimate of drug-likeness (QED) is 0.483. The number of ether oxygens (including phenoxy) is 2. The molecule has 0 saturated heterocycles. The molecule has 2 rings (SSSR count). The summed E-state index contributed by atoms with van der Waals surface area (Å²) < 4.78 is 24.4. The van der Waals surface area contributed by atoms with Gasteiger partial charge in [0.2, 0.25) is 0 Å². The highest BCUT2D eigenvalue weighted by atomic mass is 19.1. The van der Waals surface area contributed by atoms with Gasteiger partial charge in [0.05, 0.1) is 5.56 Å². The van der Waals surface area contributed by atoms with E-state index in [0.717, 1.165) is 5.75 Å². The van der Waals surface area contributed by atoms with E-state index in [2.05, 4.69) is 0 Å². The minimum Gasteiger partial charge on any atom is -0.490 e. The van der Waals surface area contributed by atoms with Crippen LogP contribution in [0.15, 0.2) is 48.5 Å². The van der Waals surface area contributed by atoms with Crippen LogP contribution >= 0.6 is 0 Å². The van der Waals surface area contributed by atoms with Crippen LogP contribution in [0.5, 0.6) is 11.5 Å². The fraction of sp³-hybridized carbons (Fsp3) is 0.133. The van der Waals surface area contributed by atoms with Crippen LogP contribution < -0.4 is 15.2 Å². The van der Waals surface area contributed by atoms with Gasteiger partial charge in [-0.1, -0.05) is 24.3 Å². The van der Waals surface area contributed by atoms with Gasteiger partial charge in [0.15, 0.2) is 0 Å². The molecule has 2 aromatic carbocycles. The number of halogens is 1. The Morgan fingerprint density at radius 3 is 2.40 bits per heavy atom. The van der Waals surface area contributed by atoms with Crippen molar-refractivity contribution in [2.45, 2.75) is 0 Å². The van der Waals surface area contributed by atoms with Crippen LogP contribution in [0.2, 0.25) is 0 Å². The number of nitrogen functional groups attached to an aromatic ring is 1. The second-order valence-electron chi connectivity index (χ2n) is 4.04. The lowest BCUT2D eigenvalue weighted by atomic mass is 10.1. The normalized spacial score (nSPS) is 10.1. The Morgan fingerprint density at radius 2 is 1.70 bits per heavy atom. The van der Waals surface area contributed by atoms with Gasteiger partial charge in [0.25, 0.3) is 0 Å². The zero-order chi connectivity index (χ0) is 14.4. The zero-order valence-corrected chi connectivity index (χ0v) is 10.8. The molecule has 0 amide bonds. The van der Waals surface area contributed by atoms with E-state index in [1.165, 1.54) is 12.1 Å². The van der Waals surface area contributed by atoms with Crippen molar-refractivity contribution < 1.29 is 13.9 Å². The van der Waals surface area contributed by atoms with Crippen molar-refractivity contribution in [3.63, 3.8) is 0 Å². The molecule has 0 bridgehead atoms. The Kier molecular flexibility index (Phi) is 4.55. The maximum atomic E-state index is 13.5. The van der Waals surface area contributed by atoms with E-state index in [1.54, 1.807) is 6.07 Å². The first-order chi connectivity index (χ1) is 9.68. The Bertz CT molecular complexity index is 588. The predicted molar refractivity (Wildman–Crippen MR) is 74.8 cm³/mol. The maximum Gasteiger partial charge on any atom is 0.137 e. The number of rotatable bonds is 6. The molecule has 20 heavy (non-hydrogen) atoms. The third-order valence-electron chi connectivity index (χ3n) is 2.60. The minimum absolute atomic E-state index is 0.0211. The van der Waals surface area contributed by atoms with Gasteiger partial charge in [0.1, 0.15) is 36.4 Å². The summed E-state index contributed by atoms with van der Waals surface area (Å²) in [6.45, 7) is 0.552. The molecular weight excluding hydrogens is 259 g/mol. The zero-order valence-electron chi connectivity index (χ0n) is 10.8. The van der Waals surface area contributed by atoms with Crippen LogP contribution in [0.4, 0.5) is 4.39 Å². The molecule has 0 radical (unpaired) electrons. The first kappa shape index (κ1) is 13.9. The van der Waals surface area contributed by atoms with Crippen molar-refractivity contribution >= 4 is 5.84 Å². The summed E-state index contributed by atoms with van der Waals surface area (Å²) in [6.07, 6.45) is 0. The highest BCUT2D eigenvalue weighted by Gasteiger charge is 2.12. The van der Waals surface area contributed by atoms with Crippen molar-refractivity contribution in [1.82, 2.24) is 0 Å². The lowest BCUT2D eigenvalue weighted by Crippen LogP contribution is -2.17. The third-order valence-corrected chi connectivity index (χ3v) is 2.60. The van der Waals surface area contributed by atoms with Gasteiger partial charge in [-0.2, -0.15) is 0 Å². The summed E-state index contributed by atoms with van der Waals surface area (Å²) in [7, 11) is 0. The highest BCUT2D eigenvalue weighted by Crippen LogP contribution is 2.20. The summed E-state index contributed by atoms with van der Waals surface area (Å²) in [6, 6.07) is 13.6. The SMILES string of the molecule is N=C(N)c1c(F)cccc1OCCOc1ccccc1. The lowest BCUT2D eigenvalue weighted by molar-refractivity contribution is 0.216. The smallest absolute Gasteiger partial charge is 0.137 e. The van der Waals surface area contributed by atoms with E-state index in [0.29, 0.717) is 6.61 Å². The molecule has 0 spiro atoms. The largest absolute Gasteiger partial charge is 0.490 e. The van der Waals surface area contributed by atoms with Gasteiger partial charge in [-0.05, 0) is 24.3 Å². The van der Waals surface area contributed by atoms with Gasteiger partial charge in [-0.3, -0.25) is 5.41 Å². The molecule has 4 nitrogen and oxygen atoms in total. The predicted octanol–water partition coefficient (Wildman–Crippen LogP) is 2.57. The van der Waals surface area contributed by atoms with Crippen molar-refractivity contribution in [1.29, 1.82) is 5.41 Å². The monoisotopic (exact) mass is 274 g/mol. The van der Waals surface area contributed by atoms with Crippen LogP contribution in [-0.4, -0.2) is 19.0 Å². The molecule has 0 heterocycles. The first-order valence-corrected chi connectivity index (χ1v) is 6.12. The number of hydrogen-bond acceptors (Lipinski definition) is 3. The average Bonchev–Trinajstić information content (AvgIpc) is 2.44. The Hall–Kier alpha value is -2.56. The average molecular weight is 274 g/mol. The van der Waals surface area contributed by atoms with E-state index >= 15 is 0 Å². The molecule has 0 fully saturated rings. The van der Waals surface area contributed by atoms with E-state index in [-0.39, 0.29) is 23.8 Å². The molecular formula is C15H15FN2O2. The highest BCUT2D eigenvalue weighted by molar-refractivity contribution is 5.97. The lowest BCUT2D eigenvalue weighted by Gasteiger charge is -2.12. The van der Waals surface area contributed by atoms with Crippen molar-refractivity contribution in [2.75, 3.05) is 13.2 Å². The maximum absolute atomic E-state index is 13.5. The summed E-state index contributed by atoms with van der Waals surface area (Å²) in [5.41, 5.74) is 5.32. The van der Waals surface area contributed by atoms with E-state index < -0.39 is 5.82 Å². The molecule has 0 aromatic heterocycles. The van der Waals surface area contributed by atoms with Crippen LogP contribution in [0, 0.1) is 11.2 Å². The van der Waals surface area contributed by atoms with Gasteiger partial charge in [0, 0.05) is 0 Å². The molecule has 0 saturated carbocycles. The van der Waals surface area contributed by atoms with E-state index in [9.17, 15) is 4.39 Å². The number of para-hydroxylation sites is 1. The van der Waals surface area contributed by atoms with Gasteiger partial charge >= 0.3 is 0 Å². The third kappa shape index (κ3) is 3.47. The van der Waals surface area contributed by atoms with Gasteiger partial charge in [-0.25, -0.2) is 4.39 Å². The molecule has 0 atom stereocenters. The second kappa shape index (κ2) is 6.56. The number of hydrogen-bond donors (Lipinski definition) is 2. The molecule has 5 heteroatoms. The second-order valence-corrected chi connectivity index (χ2v) is 4.04. The van der Waals surface area contributed by atoms with Crippen molar-refractivity contribution in [3.8, 4) is 11.5 Å². The topological polar surface area (TPSA) is 68.3 Å². The molecule has 104 valence electrons. The Morgan fingerprint density at radius 1 is 1.00 bits per heavy atom. The van der Waals surface area contributed by atoms with Crippen molar-refractivity contribution in [2.24, 2.45) is 5.73 Å². The van der Waals surface area contributed by atoms with Crippen molar-refractivity contribution in [3.05, 3.63) is 59.9 Å². The molecule has 3 N–H and O–H groups in total.